The molecule has 0 bridgehead atoms. The molecule has 0 spiro atoms. The van der Waals surface area contributed by atoms with Gasteiger partial charge in [-0.2, -0.15) is 0 Å². The number of carbonyl (C=O) groups excluding carboxylic acids is 1. The highest BCUT2D eigenvalue weighted by molar-refractivity contribution is 14.0. The molecular formula is C2H7IN2O. The Labute approximate surface area is 53.3 Å². The highest BCUT2D eigenvalue weighted by Gasteiger charge is 1.72. The van der Waals surface area contributed by atoms with Gasteiger partial charge < -0.3 is 11.1 Å². The van der Waals surface area contributed by atoms with E-state index in [9.17, 15) is 4.79 Å². The SMILES string of the molecule is CNC(N)=O.I. The van der Waals surface area contributed by atoms with Gasteiger partial charge in [0.1, 0.15) is 0 Å². The predicted molar refractivity (Wildman–Crippen MR) is 34.1 cm³/mol. The number of urea groups is 1. The largest absolute Gasteiger partial charge is 0.352 e. The van der Waals surface area contributed by atoms with Crippen LogP contribution in [0, 0.1) is 0 Å². The molecule has 0 radical (unpaired) electrons. The molecule has 0 aliphatic rings. The first-order valence-electron chi connectivity index (χ1n) is 1.24. The number of primary amides is 1. The first kappa shape index (κ1) is 9.38. The van der Waals surface area contributed by atoms with Crippen LogP contribution in [-0.4, -0.2) is 13.1 Å². The lowest BCUT2D eigenvalue weighted by Crippen LogP contribution is -2.24. The van der Waals surface area contributed by atoms with Gasteiger partial charge in [-0.25, -0.2) is 4.79 Å². The number of carbonyl (C=O) groups is 1. The van der Waals surface area contributed by atoms with Crippen LogP contribution in [0.25, 0.3) is 0 Å². The summed E-state index contributed by atoms with van der Waals surface area (Å²) in [5, 5.41) is 2.17. The van der Waals surface area contributed by atoms with E-state index < -0.39 is 6.03 Å². The van der Waals surface area contributed by atoms with Gasteiger partial charge in [0.2, 0.25) is 0 Å². The first-order chi connectivity index (χ1) is 2.27. The summed E-state index contributed by atoms with van der Waals surface area (Å²) in [5.41, 5.74) is 4.54. The van der Waals surface area contributed by atoms with Crippen LogP contribution in [0.1, 0.15) is 0 Å². The number of halogens is 1. The van der Waals surface area contributed by atoms with Gasteiger partial charge in [-0.05, 0) is 0 Å². The molecule has 0 aromatic heterocycles. The summed E-state index contributed by atoms with van der Waals surface area (Å²) in [4.78, 5) is 9.48. The summed E-state index contributed by atoms with van der Waals surface area (Å²) in [7, 11) is 1.47. The fraction of sp³-hybridized carbons (Fsp3) is 0.500. The molecule has 4 heteroatoms. The van der Waals surface area contributed by atoms with Crippen LogP contribution in [0.15, 0.2) is 0 Å². The van der Waals surface area contributed by atoms with Gasteiger partial charge in [-0.1, -0.05) is 0 Å². The summed E-state index contributed by atoms with van der Waals surface area (Å²) < 4.78 is 0. The number of nitrogens with two attached hydrogens (primary N) is 1. The topological polar surface area (TPSA) is 55.1 Å². The van der Waals surface area contributed by atoms with E-state index in [-0.39, 0.29) is 24.0 Å². The molecule has 0 saturated carbocycles. The minimum absolute atomic E-state index is 0. The second-order valence-corrected chi connectivity index (χ2v) is 0.614. The number of nitrogens with one attached hydrogen (secondary N) is 1. The molecule has 3 N–H and O–H groups in total. The van der Waals surface area contributed by atoms with Crippen LogP contribution < -0.4 is 11.1 Å². The second-order valence-electron chi connectivity index (χ2n) is 0.614. The highest BCUT2D eigenvalue weighted by atomic mass is 127. The van der Waals surface area contributed by atoms with Crippen molar-refractivity contribution in [3.63, 3.8) is 0 Å². The smallest absolute Gasteiger partial charge is 0.311 e. The summed E-state index contributed by atoms with van der Waals surface area (Å²) in [6, 6.07) is -0.495. The number of hydrogen-bond acceptors (Lipinski definition) is 1. The van der Waals surface area contributed by atoms with Gasteiger partial charge in [-0.15, -0.1) is 24.0 Å². The lowest BCUT2D eigenvalue weighted by Gasteiger charge is -1.80. The summed E-state index contributed by atoms with van der Waals surface area (Å²) in [5.74, 6) is 0. The van der Waals surface area contributed by atoms with Gasteiger partial charge in [0, 0.05) is 7.05 Å². The molecule has 0 aliphatic carbocycles. The van der Waals surface area contributed by atoms with Crippen molar-refractivity contribution < 1.29 is 4.79 Å². The third-order valence-corrected chi connectivity index (χ3v) is 0.246. The first-order valence-corrected chi connectivity index (χ1v) is 1.24. The zero-order valence-electron chi connectivity index (χ0n) is 3.39. The number of hydrogen-bond donors (Lipinski definition) is 2. The van der Waals surface area contributed by atoms with Crippen LogP contribution in [0.2, 0.25) is 0 Å². The van der Waals surface area contributed by atoms with Gasteiger partial charge in [0.05, 0.1) is 0 Å². The van der Waals surface area contributed by atoms with Crippen LogP contribution in [0.4, 0.5) is 4.79 Å². The van der Waals surface area contributed by atoms with Crippen molar-refractivity contribution in [3.8, 4) is 0 Å². The zero-order chi connectivity index (χ0) is 4.28. The Kier molecular flexibility index (Phi) is 7.81. The standard InChI is InChI=1S/C2H6N2O.HI/c1-4-2(3)5;/h1H3,(H3,3,4,5);1H. The molecule has 0 aromatic carbocycles. The Hall–Kier alpha value is 0. The Bertz CT molecular complexity index is 46.8. The molecule has 2 amide bonds. The van der Waals surface area contributed by atoms with E-state index in [1.807, 2.05) is 0 Å². The molecular weight excluding hydrogens is 195 g/mol. The van der Waals surface area contributed by atoms with Crippen LogP contribution in [0.3, 0.4) is 0 Å². The Morgan fingerprint density at radius 1 is 1.83 bits per heavy atom. The molecule has 0 fully saturated rings. The molecule has 38 valence electrons. The van der Waals surface area contributed by atoms with E-state index in [2.05, 4.69) is 11.1 Å². The van der Waals surface area contributed by atoms with Gasteiger partial charge in [0.25, 0.3) is 0 Å². The minimum atomic E-state index is -0.495. The average Bonchev–Trinajstić information content (AvgIpc) is 1.38. The van der Waals surface area contributed by atoms with Gasteiger partial charge in [-0.3, -0.25) is 0 Å². The minimum Gasteiger partial charge on any atom is -0.352 e. The van der Waals surface area contributed by atoms with Crippen molar-refractivity contribution in [2.24, 2.45) is 5.73 Å². The molecule has 0 aliphatic heterocycles. The molecule has 0 unspecified atom stereocenters. The molecule has 0 rings (SSSR count). The fourth-order valence-corrected chi connectivity index (χ4v) is 0. The monoisotopic (exact) mass is 202 g/mol. The molecule has 3 nitrogen and oxygen atoms in total. The zero-order valence-corrected chi connectivity index (χ0v) is 5.72. The van der Waals surface area contributed by atoms with E-state index in [0.717, 1.165) is 0 Å². The normalized spacial score (nSPS) is 5.50. The van der Waals surface area contributed by atoms with Crippen molar-refractivity contribution >= 4 is 30.0 Å². The average molecular weight is 202 g/mol. The maximum Gasteiger partial charge on any atom is 0.311 e. The van der Waals surface area contributed by atoms with Crippen LogP contribution in [0.5, 0.6) is 0 Å². The van der Waals surface area contributed by atoms with Crippen molar-refractivity contribution in [1.82, 2.24) is 5.32 Å². The summed E-state index contributed by atoms with van der Waals surface area (Å²) >= 11 is 0. The summed E-state index contributed by atoms with van der Waals surface area (Å²) in [6.45, 7) is 0. The van der Waals surface area contributed by atoms with Crippen molar-refractivity contribution in [3.05, 3.63) is 0 Å². The predicted octanol–water partition coefficient (Wildman–Crippen LogP) is -0.0975. The Morgan fingerprint density at radius 3 is 2.00 bits per heavy atom. The van der Waals surface area contributed by atoms with Crippen molar-refractivity contribution in [2.75, 3.05) is 7.05 Å². The maximum absolute atomic E-state index is 9.48. The third kappa shape index (κ3) is 9.00. The summed E-state index contributed by atoms with van der Waals surface area (Å²) in [6.07, 6.45) is 0. The lowest BCUT2D eigenvalue weighted by molar-refractivity contribution is 0.251. The lowest BCUT2D eigenvalue weighted by atomic mass is 11.1. The van der Waals surface area contributed by atoms with E-state index in [0.29, 0.717) is 0 Å². The van der Waals surface area contributed by atoms with Gasteiger partial charge >= 0.3 is 6.03 Å². The maximum atomic E-state index is 9.48. The van der Waals surface area contributed by atoms with Gasteiger partial charge in [0.15, 0.2) is 0 Å². The van der Waals surface area contributed by atoms with Crippen LogP contribution in [-0.2, 0) is 0 Å². The fourth-order valence-electron chi connectivity index (χ4n) is 0. The van der Waals surface area contributed by atoms with E-state index >= 15 is 0 Å². The van der Waals surface area contributed by atoms with E-state index in [1.54, 1.807) is 0 Å². The third-order valence-electron chi connectivity index (χ3n) is 0.246. The number of rotatable bonds is 0. The van der Waals surface area contributed by atoms with E-state index in [4.69, 9.17) is 0 Å². The van der Waals surface area contributed by atoms with Crippen molar-refractivity contribution in [1.29, 1.82) is 0 Å². The number of amides is 2. The molecule has 6 heavy (non-hydrogen) atoms. The second kappa shape index (κ2) is 5.00. The Morgan fingerprint density at radius 2 is 2.00 bits per heavy atom. The molecule has 0 heterocycles. The molecule has 0 atom stereocenters. The molecule has 0 aromatic rings. The highest BCUT2D eigenvalue weighted by Crippen LogP contribution is 1.38. The van der Waals surface area contributed by atoms with Crippen LogP contribution >= 0.6 is 24.0 Å². The van der Waals surface area contributed by atoms with Crippen molar-refractivity contribution in [2.45, 2.75) is 0 Å². The van der Waals surface area contributed by atoms with E-state index in [1.165, 1.54) is 7.05 Å². The Balaban J connectivity index is 0. The quantitative estimate of drug-likeness (QED) is 0.529. The molecule has 0 saturated heterocycles.